The summed E-state index contributed by atoms with van der Waals surface area (Å²) < 4.78 is 0. The van der Waals surface area contributed by atoms with Gasteiger partial charge >= 0.3 is 0 Å². The van der Waals surface area contributed by atoms with Crippen molar-refractivity contribution in [2.45, 2.75) is 6.04 Å². The molecule has 0 spiro atoms. The Morgan fingerprint density at radius 1 is 1.29 bits per heavy atom. The standard InChI is InChI=1S/C15H22N4OS/c1-18-7-8-19(2)13(10-18)9-17-15(20)12-5-3-11(4-6-12)14(16)21/h3-6,13H,7-10H2,1-2H3,(H2,16,21)(H,17,20). The van der Waals surface area contributed by atoms with Crippen LogP contribution in [-0.2, 0) is 0 Å². The van der Waals surface area contributed by atoms with E-state index in [0.717, 1.165) is 25.2 Å². The Kier molecular flexibility index (Phi) is 5.27. The van der Waals surface area contributed by atoms with Crippen molar-refractivity contribution in [1.29, 1.82) is 0 Å². The molecule has 1 heterocycles. The van der Waals surface area contributed by atoms with Crippen LogP contribution in [0.5, 0.6) is 0 Å². The Morgan fingerprint density at radius 3 is 2.52 bits per heavy atom. The number of nitrogens with one attached hydrogen (secondary N) is 1. The number of nitrogens with two attached hydrogens (primary N) is 1. The van der Waals surface area contributed by atoms with Crippen LogP contribution in [0.1, 0.15) is 15.9 Å². The van der Waals surface area contributed by atoms with Crippen molar-refractivity contribution in [3.63, 3.8) is 0 Å². The molecule has 2 rings (SSSR count). The third kappa shape index (κ3) is 4.23. The van der Waals surface area contributed by atoms with Gasteiger partial charge in [0, 0.05) is 43.3 Å². The van der Waals surface area contributed by atoms with Gasteiger partial charge in [0.05, 0.1) is 0 Å². The number of carbonyl (C=O) groups excluding carboxylic acids is 1. The van der Waals surface area contributed by atoms with Crippen molar-refractivity contribution in [2.75, 3.05) is 40.3 Å². The summed E-state index contributed by atoms with van der Waals surface area (Å²) in [5.74, 6) is -0.0638. The van der Waals surface area contributed by atoms with Crippen molar-refractivity contribution in [3.05, 3.63) is 35.4 Å². The third-order valence-corrected chi connectivity index (χ3v) is 4.15. The molecule has 114 valence electrons. The van der Waals surface area contributed by atoms with Crippen molar-refractivity contribution in [1.82, 2.24) is 15.1 Å². The highest BCUT2D eigenvalue weighted by molar-refractivity contribution is 7.80. The molecular formula is C15H22N4OS. The van der Waals surface area contributed by atoms with Crippen LogP contribution in [0.3, 0.4) is 0 Å². The van der Waals surface area contributed by atoms with Crippen LogP contribution in [-0.4, -0.2) is 67.0 Å². The number of benzene rings is 1. The molecule has 1 aromatic carbocycles. The molecule has 0 aliphatic carbocycles. The molecule has 6 heteroatoms. The molecule has 1 unspecified atom stereocenters. The Hall–Kier alpha value is -1.50. The molecule has 0 radical (unpaired) electrons. The average molecular weight is 306 g/mol. The molecule has 21 heavy (non-hydrogen) atoms. The smallest absolute Gasteiger partial charge is 0.251 e. The lowest BCUT2D eigenvalue weighted by molar-refractivity contribution is 0.0881. The van der Waals surface area contributed by atoms with E-state index in [2.05, 4.69) is 29.2 Å². The maximum atomic E-state index is 12.1. The van der Waals surface area contributed by atoms with E-state index in [1.807, 2.05) is 0 Å². The molecule has 1 aliphatic heterocycles. The third-order valence-electron chi connectivity index (χ3n) is 3.91. The van der Waals surface area contributed by atoms with E-state index in [0.29, 0.717) is 23.1 Å². The summed E-state index contributed by atoms with van der Waals surface area (Å²) in [4.78, 5) is 17.1. The van der Waals surface area contributed by atoms with Gasteiger partial charge in [-0.3, -0.25) is 9.69 Å². The first-order valence-corrected chi connectivity index (χ1v) is 7.45. The molecular weight excluding hydrogens is 284 g/mol. The van der Waals surface area contributed by atoms with Gasteiger partial charge in [0.1, 0.15) is 4.99 Å². The van der Waals surface area contributed by atoms with Gasteiger partial charge in [-0.05, 0) is 26.2 Å². The van der Waals surface area contributed by atoms with Crippen LogP contribution in [0.2, 0.25) is 0 Å². The second kappa shape index (κ2) is 6.98. The van der Waals surface area contributed by atoms with Crippen LogP contribution < -0.4 is 11.1 Å². The van der Waals surface area contributed by atoms with Gasteiger partial charge in [-0.1, -0.05) is 24.4 Å². The quantitative estimate of drug-likeness (QED) is 0.783. The second-order valence-electron chi connectivity index (χ2n) is 5.55. The number of hydrogen-bond donors (Lipinski definition) is 2. The number of hydrogen-bond acceptors (Lipinski definition) is 4. The van der Waals surface area contributed by atoms with Crippen LogP contribution in [0.4, 0.5) is 0 Å². The van der Waals surface area contributed by atoms with E-state index in [1.54, 1.807) is 24.3 Å². The minimum Gasteiger partial charge on any atom is -0.389 e. The average Bonchev–Trinajstić information content (AvgIpc) is 2.48. The summed E-state index contributed by atoms with van der Waals surface area (Å²) in [5.41, 5.74) is 6.95. The summed E-state index contributed by atoms with van der Waals surface area (Å²) in [6.07, 6.45) is 0. The van der Waals surface area contributed by atoms with Crippen LogP contribution in [0.25, 0.3) is 0 Å². The van der Waals surface area contributed by atoms with Gasteiger partial charge in [-0.2, -0.15) is 0 Å². The van der Waals surface area contributed by atoms with Crippen LogP contribution in [0, 0.1) is 0 Å². The minimum atomic E-state index is -0.0638. The molecule has 1 amide bonds. The monoisotopic (exact) mass is 306 g/mol. The van der Waals surface area contributed by atoms with Gasteiger partial charge in [0.15, 0.2) is 0 Å². The lowest BCUT2D eigenvalue weighted by Crippen LogP contribution is -2.54. The zero-order valence-electron chi connectivity index (χ0n) is 12.5. The molecule has 1 saturated heterocycles. The van der Waals surface area contributed by atoms with Gasteiger partial charge in [-0.15, -0.1) is 0 Å². The highest BCUT2D eigenvalue weighted by Gasteiger charge is 2.22. The molecule has 0 aromatic heterocycles. The summed E-state index contributed by atoms with van der Waals surface area (Å²) >= 11 is 4.90. The van der Waals surface area contributed by atoms with Gasteiger partial charge < -0.3 is 16.0 Å². The van der Waals surface area contributed by atoms with E-state index in [-0.39, 0.29) is 5.91 Å². The van der Waals surface area contributed by atoms with E-state index >= 15 is 0 Å². The molecule has 3 N–H and O–H groups in total. The van der Waals surface area contributed by atoms with Gasteiger partial charge in [-0.25, -0.2) is 0 Å². The largest absolute Gasteiger partial charge is 0.389 e. The normalized spacial score (nSPS) is 20.2. The molecule has 0 bridgehead atoms. The van der Waals surface area contributed by atoms with Crippen LogP contribution >= 0.6 is 12.2 Å². The minimum absolute atomic E-state index is 0.0638. The summed E-state index contributed by atoms with van der Waals surface area (Å²) in [6, 6.07) is 7.40. The number of amides is 1. The fourth-order valence-electron chi connectivity index (χ4n) is 2.42. The number of thiocarbonyl (C=S) groups is 1. The summed E-state index contributed by atoms with van der Waals surface area (Å²) in [5, 5.41) is 3.00. The van der Waals surface area contributed by atoms with Gasteiger partial charge in [0.25, 0.3) is 5.91 Å². The predicted octanol–water partition coefficient (Wildman–Crippen LogP) is 0.296. The van der Waals surface area contributed by atoms with Crippen molar-refractivity contribution in [2.24, 2.45) is 5.73 Å². The topological polar surface area (TPSA) is 61.6 Å². The summed E-state index contributed by atoms with van der Waals surface area (Å²) in [7, 11) is 4.21. The molecule has 1 atom stereocenters. The van der Waals surface area contributed by atoms with E-state index < -0.39 is 0 Å². The highest BCUT2D eigenvalue weighted by atomic mass is 32.1. The first-order chi connectivity index (χ1) is 9.97. The lowest BCUT2D eigenvalue weighted by atomic mass is 10.1. The second-order valence-corrected chi connectivity index (χ2v) is 5.99. The Labute approximate surface area is 131 Å². The molecule has 1 aromatic rings. The van der Waals surface area contributed by atoms with Gasteiger partial charge in [0.2, 0.25) is 0 Å². The lowest BCUT2D eigenvalue weighted by Gasteiger charge is -2.37. The van der Waals surface area contributed by atoms with E-state index in [9.17, 15) is 4.79 Å². The van der Waals surface area contributed by atoms with E-state index in [1.165, 1.54) is 0 Å². The number of nitrogens with zero attached hydrogens (tertiary/aromatic N) is 2. The maximum Gasteiger partial charge on any atom is 0.251 e. The number of rotatable bonds is 4. The molecule has 0 saturated carbocycles. The first kappa shape index (κ1) is 15.9. The Morgan fingerprint density at radius 2 is 1.90 bits per heavy atom. The Balaban J connectivity index is 1.90. The maximum absolute atomic E-state index is 12.1. The van der Waals surface area contributed by atoms with Crippen molar-refractivity contribution < 1.29 is 4.79 Å². The number of carbonyl (C=O) groups is 1. The van der Waals surface area contributed by atoms with Crippen molar-refractivity contribution >= 4 is 23.1 Å². The molecule has 1 aliphatic rings. The number of likely N-dealkylation sites (N-methyl/N-ethyl adjacent to an activating group) is 2. The SMILES string of the molecule is CN1CCN(C)C(CNC(=O)c2ccc(C(N)=S)cc2)C1. The molecule has 1 fully saturated rings. The van der Waals surface area contributed by atoms with Crippen molar-refractivity contribution in [3.8, 4) is 0 Å². The summed E-state index contributed by atoms with van der Waals surface area (Å²) in [6.45, 7) is 3.72. The number of piperazine rings is 1. The fraction of sp³-hybridized carbons (Fsp3) is 0.467. The zero-order chi connectivity index (χ0) is 15.4. The Bertz CT molecular complexity index is 517. The zero-order valence-corrected chi connectivity index (χ0v) is 13.3. The predicted molar refractivity (Wildman–Crippen MR) is 88.6 cm³/mol. The first-order valence-electron chi connectivity index (χ1n) is 7.04. The highest BCUT2D eigenvalue weighted by Crippen LogP contribution is 2.07. The van der Waals surface area contributed by atoms with E-state index in [4.69, 9.17) is 18.0 Å². The molecule has 5 nitrogen and oxygen atoms in total. The fourth-order valence-corrected chi connectivity index (χ4v) is 2.56. The van der Waals surface area contributed by atoms with Crippen LogP contribution in [0.15, 0.2) is 24.3 Å².